The number of hydrogen-bond donors (Lipinski definition) is 1. The van der Waals surface area contributed by atoms with E-state index in [0.29, 0.717) is 12.1 Å². The Morgan fingerprint density at radius 2 is 2.00 bits per heavy atom. The van der Waals surface area contributed by atoms with Crippen molar-refractivity contribution in [2.45, 2.75) is 52.2 Å². The molecule has 0 aromatic heterocycles. The predicted molar refractivity (Wildman–Crippen MR) is 53.5 cm³/mol. The monoisotopic (exact) mass is 173 g/mol. The molecule has 0 spiro atoms. The summed E-state index contributed by atoms with van der Waals surface area (Å²) in [6.45, 7) is 7.38. The van der Waals surface area contributed by atoms with Gasteiger partial charge in [-0.25, -0.2) is 0 Å². The largest absolute Gasteiger partial charge is 0.379 e. The van der Waals surface area contributed by atoms with Crippen molar-refractivity contribution >= 4 is 0 Å². The molecule has 2 atom stereocenters. The van der Waals surface area contributed by atoms with Crippen molar-refractivity contribution in [3.63, 3.8) is 0 Å². The molecule has 0 amide bonds. The van der Waals surface area contributed by atoms with Crippen LogP contribution in [0.15, 0.2) is 0 Å². The Hall–Kier alpha value is -0.0800. The molecule has 0 saturated carbocycles. The van der Waals surface area contributed by atoms with Gasteiger partial charge in [0.1, 0.15) is 0 Å². The van der Waals surface area contributed by atoms with Crippen LogP contribution in [-0.4, -0.2) is 25.8 Å². The summed E-state index contributed by atoms with van der Waals surface area (Å²) < 4.78 is 5.56. The molecule has 0 fully saturated rings. The first-order valence-corrected chi connectivity index (χ1v) is 4.99. The van der Waals surface area contributed by atoms with Crippen LogP contribution < -0.4 is 5.32 Å². The quantitative estimate of drug-likeness (QED) is 0.596. The maximum absolute atomic E-state index is 5.56. The highest BCUT2D eigenvalue weighted by molar-refractivity contribution is 4.56. The molecular formula is C10H23NO. The first-order chi connectivity index (χ1) is 5.70. The van der Waals surface area contributed by atoms with Crippen LogP contribution in [0.2, 0.25) is 0 Å². The molecule has 12 heavy (non-hydrogen) atoms. The third-order valence-corrected chi connectivity index (χ3v) is 2.25. The SMILES string of the molecule is CCC(C)OCCCC(C)NC. The molecule has 0 radical (unpaired) electrons. The minimum absolute atomic E-state index is 0.426. The zero-order chi connectivity index (χ0) is 9.40. The summed E-state index contributed by atoms with van der Waals surface area (Å²) in [6.07, 6.45) is 3.90. The molecule has 2 heteroatoms. The highest BCUT2D eigenvalue weighted by atomic mass is 16.5. The third kappa shape index (κ3) is 6.62. The maximum atomic E-state index is 5.56. The third-order valence-electron chi connectivity index (χ3n) is 2.25. The van der Waals surface area contributed by atoms with Crippen LogP contribution in [0.3, 0.4) is 0 Å². The second-order valence-corrected chi connectivity index (χ2v) is 3.42. The number of ether oxygens (including phenoxy) is 1. The summed E-state index contributed by atoms with van der Waals surface area (Å²) in [5.74, 6) is 0. The van der Waals surface area contributed by atoms with Crippen molar-refractivity contribution in [3.05, 3.63) is 0 Å². The number of hydrogen-bond acceptors (Lipinski definition) is 2. The van der Waals surface area contributed by atoms with Crippen molar-refractivity contribution in [1.29, 1.82) is 0 Å². The van der Waals surface area contributed by atoms with E-state index in [-0.39, 0.29) is 0 Å². The summed E-state index contributed by atoms with van der Waals surface area (Å²) in [5, 5.41) is 3.21. The van der Waals surface area contributed by atoms with Crippen molar-refractivity contribution in [1.82, 2.24) is 5.32 Å². The highest BCUT2D eigenvalue weighted by Crippen LogP contribution is 2.00. The van der Waals surface area contributed by atoms with Crippen molar-refractivity contribution < 1.29 is 4.74 Å². The van der Waals surface area contributed by atoms with Crippen molar-refractivity contribution in [3.8, 4) is 0 Å². The Balaban J connectivity index is 3.10. The lowest BCUT2D eigenvalue weighted by atomic mass is 10.2. The van der Waals surface area contributed by atoms with Crippen LogP contribution in [0.25, 0.3) is 0 Å². The van der Waals surface area contributed by atoms with Crippen LogP contribution in [0, 0.1) is 0 Å². The zero-order valence-electron chi connectivity index (χ0n) is 8.89. The lowest BCUT2D eigenvalue weighted by Crippen LogP contribution is -2.21. The van der Waals surface area contributed by atoms with E-state index in [2.05, 4.69) is 26.1 Å². The summed E-state index contributed by atoms with van der Waals surface area (Å²) in [5.41, 5.74) is 0. The Labute approximate surface area is 76.7 Å². The Morgan fingerprint density at radius 3 is 2.50 bits per heavy atom. The molecule has 2 unspecified atom stereocenters. The lowest BCUT2D eigenvalue weighted by Gasteiger charge is -2.12. The molecular weight excluding hydrogens is 150 g/mol. The first kappa shape index (κ1) is 11.9. The fourth-order valence-corrected chi connectivity index (χ4v) is 0.936. The topological polar surface area (TPSA) is 21.3 Å². The van der Waals surface area contributed by atoms with Gasteiger partial charge in [0.15, 0.2) is 0 Å². The van der Waals surface area contributed by atoms with E-state index in [4.69, 9.17) is 4.74 Å². The van der Waals surface area contributed by atoms with E-state index in [1.54, 1.807) is 0 Å². The maximum Gasteiger partial charge on any atom is 0.0544 e. The molecule has 0 aliphatic rings. The fourth-order valence-electron chi connectivity index (χ4n) is 0.936. The molecule has 1 N–H and O–H groups in total. The molecule has 0 bridgehead atoms. The van der Waals surface area contributed by atoms with Gasteiger partial charge < -0.3 is 10.1 Å². The van der Waals surface area contributed by atoms with E-state index < -0.39 is 0 Å². The Kier molecular flexibility index (Phi) is 7.51. The van der Waals surface area contributed by atoms with Gasteiger partial charge in [-0.3, -0.25) is 0 Å². The smallest absolute Gasteiger partial charge is 0.0544 e. The van der Waals surface area contributed by atoms with Gasteiger partial charge in [-0.05, 0) is 40.2 Å². The van der Waals surface area contributed by atoms with Crippen LogP contribution in [0.4, 0.5) is 0 Å². The van der Waals surface area contributed by atoms with Crippen molar-refractivity contribution in [2.24, 2.45) is 0 Å². The predicted octanol–water partition coefficient (Wildman–Crippen LogP) is 2.19. The van der Waals surface area contributed by atoms with Crippen LogP contribution >= 0.6 is 0 Å². The lowest BCUT2D eigenvalue weighted by molar-refractivity contribution is 0.0601. The van der Waals surface area contributed by atoms with Gasteiger partial charge in [0.05, 0.1) is 6.10 Å². The van der Waals surface area contributed by atoms with E-state index >= 15 is 0 Å². The minimum atomic E-state index is 0.426. The molecule has 0 heterocycles. The van der Waals surface area contributed by atoms with Gasteiger partial charge in [-0.2, -0.15) is 0 Å². The highest BCUT2D eigenvalue weighted by Gasteiger charge is 2.00. The average molecular weight is 173 g/mol. The van der Waals surface area contributed by atoms with E-state index in [1.165, 1.54) is 6.42 Å². The van der Waals surface area contributed by atoms with Crippen LogP contribution in [0.1, 0.15) is 40.0 Å². The van der Waals surface area contributed by atoms with Gasteiger partial charge in [0.2, 0.25) is 0 Å². The van der Waals surface area contributed by atoms with Crippen LogP contribution in [0.5, 0.6) is 0 Å². The molecule has 0 aliphatic carbocycles. The van der Waals surface area contributed by atoms with Gasteiger partial charge in [-0.15, -0.1) is 0 Å². The minimum Gasteiger partial charge on any atom is -0.379 e. The van der Waals surface area contributed by atoms with E-state index in [0.717, 1.165) is 19.4 Å². The summed E-state index contributed by atoms with van der Waals surface area (Å²) >= 11 is 0. The fraction of sp³-hybridized carbons (Fsp3) is 1.00. The van der Waals surface area contributed by atoms with Gasteiger partial charge in [0.25, 0.3) is 0 Å². The zero-order valence-corrected chi connectivity index (χ0v) is 8.89. The standard InChI is InChI=1S/C10H23NO/c1-5-10(3)12-8-6-7-9(2)11-4/h9-11H,5-8H2,1-4H3. The molecule has 0 rings (SSSR count). The normalized spacial score (nSPS) is 16.0. The summed E-state index contributed by atoms with van der Waals surface area (Å²) in [4.78, 5) is 0. The first-order valence-electron chi connectivity index (χ1n) is 4.99. The molecule has 74 valence electrons. The molecule has 0 aromatic carbocycles. The van der Waals surface area contributed by atoms with Crippen LogP contribution in [-0.2, 0) is 4.74 Å². The second-order valence-electron chi connectivity index (χ2n) is 3.42. The number of nitrogens with one attached hydrogen (secondary N) is 1. The molecule has 0 aliphatic heterocycles. The van der Waals surface area contributed by atoms with Gasteiger partial charge in [-0.1, -0.05) is 6.92 Å². The molecule has 0 saturated heterocycles. The summed E-state index contributed by atoms with van der Waals surface area (Å²) in [7, 11) is 2.00. The summed E-state index contributed by atoms with van der Waals surface area (Å²) in [6, 6.07) is 0.616. The Bertz CT molecular complexity index is 83.8. The van der Waals surface area contributed by atoms with Gasteiger partial charge >= 0.3 is 0 Å². The van der Waals surface area contributed by atoms with Crippen molar-refractivity contribution in [2.75, 3.05) is 13.7 Å². The number of rotatable bonds is 7. The van der Waals surface area contributed by atoms with Gasteiger partial charge in [0, 0.05) is 12.6 Å². The van der Waals surface area contributed by atoms with E-state index in [9.17, 15) is 0 Å². The molecule has 2 nitrogen and oxygen atoms in total. The van der Waals surface area contributed by atoms with E-state index in [1.807, 2.05) is 7.05 Å². The Morgan fingerprint density at radius 1 is 1.33 bits per heavy atom. The second kappa shape index (κ2) is 7.56. The average Bonchev–Trinajstić information content (AvgIpc) is 2.11. The molecule has 0 aromatic rings.